The summed E-state index contributed by atoms with van der Waals surface area (Å²) in [5.41, 5.74) is 0. The van der Waals surface area contributed by atoms with Crippen LogP contribution in [0.4, 0.5) is 0 Å². The fourth-order valence-corrected chi connectivity index (χ4v) is 0. The van der Waals surface area contributed by atoms with Crippen LogP contribution in [0.5, 0.6) is 0 Å². The molecule has 0 aliphatic heterocycles. The molecule has 0 saturated heterocycles. The van der Waals surface area contributed by atoms with Crippen LogP contribution < -0.4 is 0 Å². The smallest absolute Gasteiger partial charge is 1.00 e. The van der Waals surface area contributed by atoms with Gasteiger partial charge in [-0.15, -0.1) is 0 Å². The molecule has 0 aromatic carbocycles. The summed E-state index contributed by atoms with van der Waals surface area (Å²) in [4.78, 5) is 0. The Labute approximate surface area is 101 Å². The fraction of sp³-hybridized carbons (Fsp3) is 0. The molecule has 16 valence electrons. The quantitative estimate of drug-likeness (QED) is 0.476. The Bertz CT molecular complexity index is 13.5. The maximum Gasteiger partial charge on any atom is 2.00 e. The van der Waals surface area contributed by atoms with Gasteiger partial charge in [0, 0.05) is 60.3 Å². The standard InChI is InChI=1S/Al.Mg.Nd.Zn.5H/q;+2;;;;;;2*-1. The van der Waals surface area contributed by atoms with Crippen molar-refractivity contribution in [3.63, 3.8) is 0 Å². The van der Waals surface area contributed by atoms with E-state index in [1.807, 2.05) is 0 Å². The van der Waals surface area contributed by atoms with Crippen LogP contribution in [0.25, 0.3) is 0 Å². The van der Waals surface area contributed by atoms with E-state index >= 15 is 0 Å². The van der Waals surface area contributed by atoms with Gasteiger partial charge in [0.2, 0.25) is 0 Å². The van der Waals surface area contributed by atoms with Crippen LogP contribution >= 0.6 is 0 Å². The van der Waals surface area contributed by atoms with Crippen LogP contribution in [-0.4, -0.2) is 40.4 Å². The molecule has 0 spiro atoms. The predicted molar refractivity (Wildman–Crippen MR) is 17.9 cm³/mol. The Morgan fingerprint density at radius 2 is 1.25 bits per heavy atom. The molecule has 0 aromatic rings. The second-order valence-corrected chi connectivity index (χ2v) is 0. The molecular formula is H5AlMgNdZn. The number of hydrogen-bond acceptors (Lipinski definition) is 0. The van der Waals surface area contributed by atoms with Gasteiger partial charge in [0.15, 0.2) is 17.4 Å². The van der Waals surface area contributed by atoms with Crippen molar-refractivity contribution in [2.24, 2.45) is 0 Å². The average Bonchev–Trinajstić information content (AvgIpc) is 0. The molecule has 0 nitrogen and oxygen atoms in total. The molecule has 0 radical (unpaired) electrons. The van der Waals surface area contributed by atoms with Crippen molar-refractivity contribution >= 4 is 40.4 Å². The van der Waals surface area contributed by atoms with E-state index in [1.54, 1.807) is 0 Å². The Balaban J connectivity index is 0. The summed E-state index contributed by atoms with van der Waals surface area (Å²) in [6.45, 7) is 0. The van der Waals surface area contributed by atoms with Crippen molar-refractivity contribution in [1.29, 1.82) is 0 Å². The predicted octanol–water partition coefficient (Wildman–Crippen LogP) is -1.34. The van der Waals surface area contributed by atoms with Crippen molar-refractivity contribution in [3.8, 4) is 0 Å². The van der Waals surface area contributed by atoms with E-state index < -0.39 is 0 Å². The largest absolute Gasteiger partial charge is 2.00 e. The Kier molecular flexibility index (Phi) is 109. The van der Waals surface area contributed by atoms with Gasteiger partial charge in [-0.05, 0) is 0 Å². The Morgan fingerprint density at radius 1 is 1.25 bits per heavy atom. The van der Waals surface area contributed by atoms with Crippen LogP contribution in [0, 0.1) is 40.8 Å². The van der Waals surface area contributed by atoms with Crippen molar-refractivity contribution in [3.05, 3.63) is 0 Å². The van der Waals surface area contributed by atoms with Crippen LogP contribution in [0.1, 0.15) is 2.85 Å². The summed E-state index contributed by atoms with van der Waals surface area (Å²) in [6.07, 6.45) is 0. The van der Waals surface area contributed by atoms with Crippen LogP contribution in [0.2, 0.25) is 0 Å². The summed E-state index contributed by atoms with van der Waals surface area (Å²) in [5.74, 6) is 0. The van der Waals surface area contributed by atoms with E-state index in [1.165, 1.54) is 0 Å². The third-order valence-corrected chi connectivity index (χ3v) is 0. The first-order chi connectivity index (χ1) is 0. The summed E-state index contributed by atoms with van der Waals surface area (Å²) < 4.78 is 0. The molecule has 0 amide bonds. The molecule has 0 N–H and O–H groups in total. The van der Waals surface area contributed by atoms with Gasteiger partial charge in [-0.3, -0.25) is 0 Å². The second kappa shape index (κ2) is 16.3. The molecule has 0 aliphatic carbocycles. The minimum absolute atomic E-state index is 0. The van der Waals surface area contributed by atoms with Gasteiger partial charge in [-0.1, -0.05) is 0 Å². The molecule has 0 saturated carbocycles. The van der Waals surface area contributed by atoms with Crippen molar-refractivity contribution in [2.45, 2.75) is 0 Å². The summed E-state index contributed by atoms with van der Waals surface area (Å²) in [6, 6.07) is 0. The van der Waals surface area contributed by atoms with Crippen molar-refractivity contribution in [1.82, 2.24) is 0 Å². The van der Waals surface area contributed by atoms with E-state index in [-0.39, 0.29) is 104 Å². The van der Waals surface area contributed by atoms with Gasteiger partial charge in [-0.25, -0.2) is 0 Å². The molecular weight excluding hydrogens is 261 g/mol. The van der Waals surface area contributed by atoms with Gasteiger partial charge < -0.3 is 2.85 Å². The molecule has 0 aliphatic rings. The summed E-state index contributed by atoms with van der Waals surface area (Å²) in [7, 11) is 0. The molecule has 0 atom stereocenters. The molecule has 0 rings (SSSR count). The number of hydrogen-bond donors (Lipinski definition) is 0. The molecule has 0 bridgehead atoms. The first kappa shape index (κ1) is 26.7. The Morgan fingerprint density at radius 3 is 1.25 bits per heavy atom. The molecule has 0 fully saturated rings. The van der Waals surface area contributed by atoms with E-state index in [0.717, 1.165) is 0 Å². The van der Waals surface area contributed by atoms with E-state index in [2.05, 4.69) is 0 Å². The SMILES string of the molecule is [AlH3].[H-].[H-].[Mg+2].[Nd].[Zn]. The minimum atomic E-state index is 0. The monoisotopic (exact) mass is 262 g/mol. The maximum absolute atomic E-state index is 0. The zero-order valence-corrected chi connectivity index (χ0v) is 9.50. The summed E-state index contributed by atoms with van der Waals surface area (Å²) >= 11 is 0. The first-order valence-corrected chi connectivity index (χ1v) is 0. The maximum atomic E-state index is 0. The zero-order chi connectivity index (χ0) is 0. The third-order valence-electron chi connectivity index (χ3n) is 0. The third kappa shape index (κ3) is 8.99. The molecule has 0 heterocycles. The molecule has 0 unspecified atom stereocenters. The zero-order valence-electron chi connectivity index (χ0n) is 3.91. The average molecular weight is 266 g/mol. The van der Waals surface area contributed by atoms with Crippen molar-refractivity contribution < 1.29 is 63.2 Å². The first-order valence-electron chi connectivity index (χ1n) is 0. The van der Waals surface area contributed by atoms with Gasteiger partial charge in [0.05, 0.1) is 0 Å². The van der Waals surface area contributed by atoms with Crippen LogP contribution in [-0.2, 0) is 19.5 Å². The second-order valence-electron chi connectivity index (χ2n) is 0. The fourth-order valence-electron chi connectivity index (χ4n) is 0. The van der Waals surface area contributed by atoms with Crippen LogP contribution in [0.3, 0.4) is 0 Å². The molecule has 4 heteroatoms. The van der Waals surface area contributed by atoms with Gasteiger partial charge in [0.25, 0.3) is 0 Å². The number of rotatable bonds is 0. The topological polar surface area (TPSA) is 0 Å². The molecule has 0 aromatic heterocycles. The molecule has 4 heavy (non-hydrogen) atoms. The van der Waals surface area contributed by atoms with Crippen LogP contribution in [0.15, 0.2) is 0 Å². The Hall–Kier alpha value is 3.27. The van der Waals surface area contributed by atoms with Gasteiger partial charge in [-0.2, -0.15) is 0 Å². The minimum Gasteiger partial charge on any atom is -1.00 e. The van der Waals surface area contributed by atoms with E-state index in [4.69, 9.17) is 0 Å². The summed E-state index contributed by atoms with van der Waals surface area (Å²) in [5, 5.41) is 0. The van der Waals surface area contributed by atoms with E-state index in [0.29, 0.717) is 0 Å². The van der Waals surface area contributed by atoms with Gasteiger partial charge >= 0.3 is 23.1 Å². The normalized spacial score (nSPS) is 0. The van der Waals surface area contributed by atoms with E-state index in [9.17, 15) is 0 Å². The van der Waals surface area contributed by atoms with Crippen molar-refractivity contribution in [2.75, 3.05) is 0 Å². The van der Waals surface area contributed by atoms with Gasteiger partial charge in [0.1, 0.15) is 0 Å².